The molecule has 40 heteroatoms. The third kappa shape index (κ3) is 28.2. The maximum Gasteiger partial charge on any atom is 0.324 e. The molecule has 0 saturated carbocycles. The summed E-state index contributed by atoms with van der Waals surface area (Å²) >= 11 is 10.2. The van der Waals surface area contributed by atoms with Crippen molar-refractivity contribution < 1.29 is 81.0 Å². The van der Waals surface area contributed by atoms with Gasteiger partial charge >= 0.3 is 12.1 Å². The summed E-state index contributed by atoms with van der Waals surface area (Å²) in [6.07, 6.45) is 27.2. The molecule has 0 saturated heterocycles. The number of nitrogens with one attached hydrogen (secondary N) is 9. The first kappa shape index (κ1) is 111. The molecule has 784 valence electrons. The van der Waals surface area contributed by atoms with E-state index in [9.17, 15) is 67.1 Å². The Morgan fingerprint density at radius 2 is 0.667 bits per heavy atom. The molecule has 33 nitrogen and oxygen atoms in total. The van der Waals surface area contributed by atoms with Crippen molar-refractivity contribution >= 4 is 209 Å². The van der Waals surface area contributed by atoms with Gasteiger partial charge in [-0.3, -0.25) is 68.2 Å². The van der Waals surface area contributed by atoms with Crippen molar-refractivity contribution in [3.05, 3.63) is 286 Å². The van der Waals surface area contributed by atoms with Gasteiger partial charge in [0.2, 0.25) is 11.8 Å². The number of hydrogen-bond donors (Lipinski definition) is 16. The van der Waals surface area contributed by atoms with E-state index in [-0.39, 0.29) is 53.3 Å². The van der Waals surface area contributed by atoms with Crippen LogP contribution in [0.4, 0.5) is 56.0 Å². The fourth-order valence-corrected chi connectivity index (χ4v) is 27.5. The monoisotopic (exact) mass is 2160 g/mol. The van der Waals surface area contributed by atoms with Crippen LogP contribution in [0.5, 0.6) is 17.2 Å². The standard InChI is InChI=1S/C21H18N2O3S.C17H18N2O3S.2C16H17N3O2S.C14H14N2O3S.2C13H18N2O2S/c22-19(24)18-16-7-4-8-17(16)27-21(18)23-20(25)13-9-11-15(12-10-13)26-14-5-2-1-3-6-14;1-22-11-6-4-5-10(9-11)16(21)19-17-14(15(18)20)12-7-2-3-8-13(12)23-17;1-9-4-2-5-10(8-9)18-16(21)19-15-13(14(17)20)11-6-3-7-12(11)22-15;1-9-5-7-10(8-6-9)18-16(21)19-15-13(14(17)20)11-3-2-4-12(11)22-15;15-12(17)11-8-4-1-2-6-10(8)20-14(11)16-13(18)9-5-3-7-19-9;1-7(2)12(17)15-13-10(11(14)16)8-5-3-4-6-9(8)18-13;1-2-3-7-10(16)15-13-11(12(14)17)8-5-4-6-9(8)18-13/h1-3,5-6,9-12H,4,7-8H2,(H2,22,24)(H,23,25);4-6,9H,2-3,7-8H2,1H3,(H2,18,20)(H,19,21);2,4-5,8H,3,6-7H2,1H3,(H2,17,20)(H2,18,19,21);5-8H,2-4H2,1H3,(H2,17,20)(H2,18,19,21);3,5,7H,1-2,4,6H2,(H2,15,17)(H,16,18);7H,3-6H2,1-2H3,(H2,14,16)(H,15,17);2-7H2,1H3,(H2,14,17)(H,15,16). The number of thiophene rings is 7. The summed E-state index contributed by atoms with van der Waals surface area (Å²) in [7, 11) is 1.55. The number of ether oxygens (including phenoxy) is 2. The number of primary amides is 7. The number of fused-ring (bicyclic) bond motifs is 7. The van der Waals surface area contributed by atoms with Gasteiger partial charge in [-0.05, 0) is 310 Å². The highest BCUT2D eigenvalue weighted by atomic mass is 32.1. The molecule has 7 aliphatic carbocycles. The second kappa shape index (κ2) is 51.8. The van der Waals surface area contributed by atoms with Crippen LogP contribution in [0, 0.1) is 19.8 Å². The number of urea groups is 2. The number of methoxy groups -OCH3 is 1. The van der Waals surface area contributed by atoms with Gasteiger partial charge in [0.25, 0.3) is 59.1 Å². The lowest BCUT2D eigenvalue weighted by atomic mass is 9.95. The van der Waals surface area contributed by atoms with E-state index >= 15 is 0 Å². The second-order valence-corrected chi connectivity index (χ2v) is 44.5. The Morgan fingerprint density at radius 3 is 1.05 bits per heavy atom. The molecule has 0 radical (unpaired) electrons. The molecule has 150 heavy (non-hydrogen) atoms. The van der Waals surface area contributed by atoms with Crippen molar-refractivity contribution in [2.45, 2.75) is 208 Å². The number of nitrogens with two attached hydrogens (primary N) is 7. The molecule has 7 aliphatic rings. The van der Waals surface area contributed by atoms with E-state index in [1.165, 1.54) is 95.4 Å². The lowest BCUT2D eigenvalue weighted by Gasteiger charge is -2.11. The van der Waals surface area contributed by atoms with Crippen LogP contribution in [0.15, 0.2) is 150 Å². The molecule has 0 unspecified atom stereocenters. The van der Waals surface area contributed by atoms with Gasteiger partial charge in [0.15, 0.2) is 5.76 Å². The average molecular weight is 2160 g/mol. The first-order valence-corrected chi connectivity index (χ1v) is 55.3. The minimum atomic E-state index is -0.490. The summed E-state index contributed by atoms with van der Waals surface area (Å²) in [5, 5.41) is 29.1. The zero-order valence-corrected chi connectivity index (χ0v) is 89.6. The predicted octanol–water partition coefficient (Wildman–Crippen LogP) is 21.3. The fraction of sp³-hybridized carbons (Fsp3) is 0.309. The smallest absolute Gasteiger partial charge is 0.324 e. The number of anilines is 9. The third-order valence-corrected chi connectivity index (χ3v) is 34.0. The van der Waals surface area contributed by atoms with Gasteiger partial charge in [-0.15, -0.1) is 79.4 Å². The Labute approximate surface area is 895 Å². The van der Waals surface area contributed by atoms with E-state index in [4.69, 9.17) is 54.0 Å². The van der Waals surface area contributed by atoms with Crippen molar-refractivity contribution in [3.63, 3.8) is 0 Å². The highest BCUT2D eigenvalue weighted by molar-refractivity contribution is 7.19. The number of furan rings is 1. The van der Waals surface area contributed by atoms with E-state index in [2.05, 4.69) is 47.9 Å². The maximum atomic E-state index is 12.6. The number of benzene rings is 5. The van der Waals surface area contributed by atoms with Crippen LogP contribution >= 0.6 is 79.4 Å². The minimum absolute atomic E-state index is 0.0285. The van der Waals surface area contributed by atoms with E-state index in [1.54, 1.807) is 67.8 Å². The fourth-order valence-electron chi connectivity index (χ4n) is 18.4. The molecule has 20 rings (SSSR count). The van der Waals surface area contributed by atoms with Crippen LogP contribution in [0.2, 0.25) is 0 Å². The Morgan fingerprint density at radius 1 is 0.320 bits per heavy atom. The van der Waals surface area contributed by atoms with Crippen LogP contribution in [0.25, 0.3) is 0 Å². The third-order valence-electron chi connectivity index (χ3n) is 25.6. The highest BCUT2D eigenvalue weighted by Crippen LogP contribution is 2.46. The van der Waals surface area contributed by atoms with Crippen molar-refractivity contribution in [3.8, 4) is 17.2 Å². The second-order valence-electron chi connectivity index (χ2n) is 36.7. The summed E-state index contributed by atoms with van der Waals surface area (Å²) in [6.45, 7) is 9.63. The normalized spacial score (nSPS) is 13.2. The molecule has 0 fully saturated rings. The van der Waals surface area contributed by atoms with Crippen molar-refractivity contribution in [1.82, 2.24) is 0 Å². The molecule has 0 bridgehead atoms. The summed E-state index contributed by atoms with van der Waals surface area (Å²) in [5.74, 6) is -2.21. The van der Waals surface area contributed by atoms with Crippen LogP contribution in [0.1, 0.15) is 292 Å². The van der Waals surface area contributed by atoms with Gasteiger partial charge in [0.05, 0.1) is 52.3 Å². The zero-order valence-electron chi connectivity index (χ0n) is 83.9. The van der Waals surface area contributed by atoms with Crippen LogP contribution in [-0.2, 0) is 99.5 Å². The SMILES string of the molecule is CC(C)C(=O)Nc1sc2c(c1C(N)=O)CCCC2.CCCCC(=O)Nc1sc2c(c1C(N)=O)CCC2.COc1cccc(C(=O)Nc2sc3c(c2C(N)=O)CCCC3)c1.Cc1ccc(NC(=O)Nc2sc3c(c2C(N)=O)CCC3)cc1.Cc1cccc(NC(=O)Nc2sc3c(c2C(N)=O)CCC3)c1.NC(=O)c1c(NC(=O)c2ccc(Oc3ccccc3)cc2)sc2c1CCC2.NC(=O)c1c(NC(=O)c2ccco2)sc2c1CCCC2. The molecule has 23 N–H and O–H groups in total. The van der Waals surface area contributed by atoms with E-state index in [1.807, 2.05) is 113 Å². The van der Waals surface area contributed by atoms with Gasteiger partial charge in [0.1, 0.15) is 52.3 Å². The molecule has 16 amide bonds. The van der Waals surface area contributed by atoms with E-state index in [0.717, 1.165) is 247 Å². The number of aryl methyl sites for hydroxylation is 9. The first-order chi connectivity index (χ1) is 72.1. The molecule has 5 aromatic carbocycles. The zero-order chi connectivity index (χ0) is 107. The largest absolute Gasteiger partial charge is 0.497 e. The van der Waals surface area contributed by atoms with Crippen molar-refractivity contribution in [1.29, 1.82) is 0 Å². The molecule has 0 spiro atoms. The predicted molar refractivity (Wildman–Crippen MR) is 596 cm³/mol. The summed E-state index contributed by atoms with van der Waals surface area (Å²) in [5.41, 5.74) is 53.5. The first-order valence-electron chi connectivity index (χ1n) is 49.6. The van der Waals surface area contributed by atoms with Crippen molar-refractivity contribution in [2.75, 3.05) is 55.0 Å². The molecule has 0 aliphatic heterocycles. The number of amides is 16. The van der Waals surface area contributed by atoms with Crippen molar-refractivity contribution in [2.24, 2.45) is 46.1 Å². The van der Waals surface area contributed by atoms with Crippen LogP contribution < -0.4 is 97.5 Å². The van der Waals surface area contributed by atoms with Gasteiger partial charge in [-0.1, -0.05) is 81.3 Å². The number of para-hydroxylation sites is 1. The average Bonchev–Trinajstić information content (AvgIpc) is 1.67. The Bertz CT molecular complexity index is 7230. The van der Waals surface area contributed by atoms with E-state index < -0.39 is 41.4 Å². The van der Waals surface area contributed by atoms with E-state index in [0.29, 0.717) is 114 Å². The topological polar surface area (TPSA) is 561 Å². The summed E-state index contributed by atoms with van der Waals surface area (Å²) < 4.78 is 15.9. The molecule has 8 heterocycles. The Hall–Kier alpha value is -14.9. The molecule has 13 aromatic rings. The number of carbonyl (C=O) groups is 14. The molecular formula is C110H120N16O17S7. The lowest BCUT2D eigenvalue weighted by molar-refractivity contribution is -0.119. The van der Waals surface area contributed by atoms with Crippen LogP contribution in [0.3, 0.4) is 0 Å². The molecule has 0 atom stereocenters. The summed E-state index contributed by atoms with van der Waals surface area (Å²) in [6, 6.07) is 40.7. The lowest BCUT2D eigenvalue weighted by Crippen LogP contribution is -2.22. The molecule has 8 aromatic heterocycles. The molecular weight excluding hydrogens is 2040 g/mol. The van der Waals surface area contributed by atoms with Gasteiger partial charge in [-0.25, -0.2) is 9.59 Å². The number of rotatable bonds is 26. The number of unbranched alkanes of at least 4 members (excludes halogenated alkanes) is 1. The Balaban J connectivity index is 0.000000138. The van der Waals surface area contributed by atoms with Gasteiger partial charge < -0.3 is 91.2 Å². The van der Waals surface area contributed by atoms with Gasteiger partial charge in [0, 0.05) is 69.0 Å². The van der Waals surface area contributed by atoms with Crippen LogP contribution in [-0.4, -0.2) is 90.1 Å². The number of hydrogen-bond acceptors (Lipinski definition) is 24. The highest BCUT2D eigenvalue weighted by Gasteiger charge is 2.35. The summed E-state index contributed by atoms with van der Waals surface area (Å²) in [4.78, 5) is 175. The van der Waals surface area contributed by atoms with Gasteiger partial charge in [-0.2, -0.15) is 0 Å². The Kier molecular flexibility index (Phi) is 38.2. The quantitative estimate of drug-likeness (QED) is 0.0239. The maximum absolute atomic E-state index is 12.6. The number of carbonyl (C=O) groups excluding carboxylic acids is 14. The minimum Gasteiger partial charge on any atom is -0.497 e.